The highest BCUT2D eigenvalue weighted by molar-refractivity contribution is 5.36. The smallest absolute Gasteiger partial charge is 0.168 e. The fourth-order valence-corrected chi connectivity index (χ4v) is 4.65. The average molecular weight is 319 g/mol. The standard InChI is InChI=1S/C19H29NO3/c1-20-11-10-18(15-6-5-7-17(12-15)21-2)14-19(22-3,23-4)9-8-16(18)13-20/h5-7,12,16H,8-11,13-14H2,1-4H3. The summed E-state index contributed by atoms with van der Waals surface area (Å²) in [6, 6.07) is 8.59. The first-order valence-electron chi connectivity index (χ1n) is 8.51. The molecule has 0 amide bonds. The van der Waals surface area contributed by atoms with E-state index < -0.39 is 5.79 Å². The van der Waals surface area contributed by atoms with Gasteiger partial charge in [0.1, 0.15) is 5.75 Å². The van der Waals surface area contributed by atoms with Crippen molar-refractivity contribution in [2.24, 2.45) is 5.92 Å². The molecule has 2 atom stereocenters. The van der Waals surface area contributed by atoms with Gasteiger partial charge in [0.25, 0.3) is 0 Å². The molecule has 2 unspecified atom stereocenters. The molecular formula is C19H29NO3. The Kier molecular flexibility index (Phi) is 4.68. The van der Waals surface area contributed by atoms with Gasteiger partial charge in [-0.1, -0.05) is 12.1 Å². The number of benzene rings is 1. The van der Waals surface area contributed by atoms with Crippen LogP contribution in [0.25, 0.3) is 0 Å². The second kappa shape index (κ2) is 6.42. The predicted octanol–water partition coefficient (Wildman–Crippen LogP) is 3.06. The number of methoxy groups -OCH3 is 3. The SMILES string of the molecule is COc1cccc(C23CCN(C)CC2CCC(OC)(OC)C3)c1. The Labute approximate surface area is 139 Å². The molecule has 2 fully saturated rings. The van der Waals surface area contributed by atoms with Crippen LogP contribution in [0, 0.1) is 5.92 Å². The van der Waals surface area contributed by atoms with Crippen LogP contribution in [0.3, 0.4) is 0 Å². The molecule has 4 heteroatoms. The lowest BCUT2D eigenvalue weighted by Gasteiger charge is -2.55. The van der Waals surface area contributed by atoms with Crippen molar-refractivity contribution in [1.29, 1.82) is 0 Å². The summed E-state index contributed by atoms with van der Waals surface area (Å²) in [6.45, 7) is 2.25. The zero-order valence-corrected chi connectivity index (χ0v) is 14.8. The van der Waals surface area contributed by atoms with E-state index in [1.54, 1.807) is 21.3 Å². The molecule has 23 heavy (non-hydrogen) atoms. The maximum absolute atomic E-state index is 5.84. The minimum absolute atomic E-state index is 0.103. The summed E-state index contributed by atoms with van der Waals surface area (Å²) >= 11 is 0. The van der Waals surface area contributed by atoms with Crippen LogP contribution in [-0.2, 0) is 14.9 Å². The van der Waals surface area contributed by atoms with E-state index in [9.17, 15) is 0 Å². The molecule has 4 nitrogen and oxygen atoms in total. The first-order chi connectivity index (χ1) is 11.1. The van der Waals surface area contributed by atoms with Gasteiger partial charge in [-0.25, -0.2) is 0 Å². The number of nitrogens with zero attached hydrogens (tertiary/aromatic N) is 1. The summed E-state index contributed by atoms with van der Waals surface area (Å²) in [6.07, 6.45) is 4.14. The lowest BCUT2D eigenvalue weighted by atomic mass is 9.57. The van der Waals surface area contributed by atoms with Gasteiger partial charge in [0.05, 0.1) is 7.11 Å². The summed E-state index contributed by atoms with van der Waals surface area (Å²) < 4.78 is 17.2. The van der Waals surface area contributed by atoms with Crippen molar-refractivity contribution in [1.82, 2.24) is 4.90 Å². The maximum atomic E-state index is 5.84. The van der Waals surface area contributed by atoms with E-state index in [1.807, 2.05) is 6.07 Å². The fraction of sp³-hybridized carbons (Fsp3) is 0.684. The molecule has 1 aliphatic heterocycles. The van der Waals surface area contributed by atoms with E-state index in [1.165, 1.54) is 5.56 Å². The Balaban J connectivity index is 2.03. The van der Waals surface area contributed by atoms with Crippen LogP contribution in [-0.4, -0.2) is 52.2 Å². The van der Waals surface area contributed by atoms with Crippen LogP contribution in [0.1, 0.15) is 31.2 Å². The van der Waals surface area contributed by atoms with E-state index in [0.717, 1.165) is 44.5 Å². The Morgan fingerprint density at radius 3 is 2.61 bits per heavy atom. The van der Waals surface area contributed by atoms with Crippen molar-refractivity contribution >= 4 is 0 Å². The molecule has 0 spiro atoms. The molecule has 0 radical (unpaired) electrons. The van der Waals surface area contributed by atoms with Gasteiger partial charge in [-0.3, -0.25) is 0 Å². The monoisotopic (exact) mass is 319 g/mol. The molecule has 1 aromatic rings. The van der Waals surface area contributed by atoms with E-state index >= 15 is 0 Å². The maximum Gasteiger partial charge on any atom is 0.168 e. The van der Waals surface area contributed by atoms with Gasteiger partial charge in [0.15, 0.2) is 5.79 Å². The average Bonchev–Trinajstić information content (AvgIpc) is 2.61. The normalized spacial score (nSPS) is 30.7. The number of likely N-dealkylation sites (tertiary alicyclic amines) is 1. The third kappa shape index (κ3) is 2.88. The van der Waals surface area contributed by atoms with Crippen LogP contribution in [0.15, 0.2) is 24.3 Å². The van der Waals surface area contributed by atoms with Crippen molar-refractivity contribution in [3.05, 3.63) is 29.8 Å². The number of ether oxygens (including phenoxy) is 3. The van der Waals surface area contributed by atoms with E-state index in [-0.39, 0.29) is 5.41 Å². The molecule has 3 rings (SSSR count). The highest BCUT2D eigenvalue weighted by atomic mass is 16.7. The minimum atomic E-state index is -0.463. The molecule has 1 saturated carbocycles. The molecule has 0 N–H and O–H groups in total. The summed E-state index contributed by atoms with van der Waals surface area (Å²) in [5, 5.41) is 0. The van der Waals surface area contributed by atoms with Crippen LogP contribution < -0.4 is 4.74 Å². The van der Waals surface area contributed by atoms with Crippen molar-refractivity contribution in [3.63, 3.8) is 0 Å². The van der Waals surface area contributed by atoms with Crippen LogP contribution >= 0.6 is 0 Å². The molecular weight excluding hydrogens is 290 g/mol. The number of fused-ring (bicyclic) bond motifs is 1. The first kappa shape index (κ1) is 16.7. The minimum Gasteiger partial charge on any atom is -0.497 e. The molecule has 1 heterocycles. The van der Waals surface area contributed by atoms with Gasteiger partial charge in [0, 0.05) is 39.0 Å². The number of hydrogen-bond donors (Lipinski definition) is 0. The van der Waals surface area contributed by atoms with Crippen LogP contribution in [0.2, 0.25) is 0 Å². The van der Waals surface area contributed by atoms with Gasteiger partial charge < -0.3 is 19.1 Å². The third-order valence-corrected chi connectivity index (χ3v) is 6.10. The van der Waals surface area contributed by atoms with Crippen LogP contribution in [0.4, 0.5) is 0 Å². The Hall–Kier alpha value is -1.10. The van der Waals surface area contributed by atoms with E-state index in [2.05, 4.69) is 30.1 Å². The third-order valence-electron chi connectivity index (χ3n) is 6.10. The Bertz CT molecular complexity index is 543. The topological polar surface area (TPSA) is 30.9 Å². The number of piperidine rings is 1. The van der Waals surface area contributed by atoms with E-state index in [4.69, 9.17) is 14.2 Å². The van der Waals surface area contributed by atoms with Crippen molar-refractivity contribution in [3.8, 4) is 5.75 Å². The van der Waals surface area contributed by atoms with Crippen molar-refractivity contribution in [2.75, 3.05) is 41.5 Å². The summed E-state index contributed by atoms with van der Waals surface area (Å²) in [7, 11) is 7.51. The molecule has 0 aromatic heterocycles. The Morgan fingerprint density at radius 2 is 1.91 bits per heavy atom. The fourth-order valence-electron chi connectivity index (χ4n) is 4.65. The van der Waals surface area contributed by atoms with E-state index in [0.29, 0.717) is 5.92 Å². The highest BCUT2D eigenvalue weighted by Gasteiger charge is 2.53. The lowest BCUT2D eigenvalue weighted by molar-refractivity contribution is -0.246. The first-order valence-corrected chi connectivity index (χ1v) is 8.51. The highest BCUT2D eigenvalue weighted by Crippen LogP contribution is 2.53. The largest absolute Gasteiger partial charge is 0.497 e. The zero-order valence-electron chi connectivity index (χ0n) is 14.8. The van der Waals surface area contributed by atoms with Crippen molar-refractivity contribution in [2.45, 2.75) is 36.9 Å². The van der Waals surface area contributed by atoms with Gasteiger partial charge in [-0.2, -0.15) is 0 Å². The van der Waals surface area contributed by atoms with Gasteiger partial charge in [-0.05, 0) is 50.0 Å². The zero-order chi connectivity index (χ0) is 16.5. The predicted molar refractivity (Wildman–Crippen MR) is 90.9 cm³/mol. The summed E-state index contributed by atoms with van der Waals surface area (Å²) in [5.74, 6) is 1.10. The lowest BCUT2D eigenvalue weighted by Crippen LogP contribution is -2.57. The molecule has 128 valence electrons. The van der Waals surface area contributed by atoms with Gasteiger partial charge in [0.2, 0.25) is 0 Å². The van der Waals surface area contributed by atoms with Gasteiger partial charge in [-0.15, -0.1) is 0 Å². The van der Waals surface area contributed by atoms with Crippen LogP contribution in [0.5, 0.6) is 5.75 Å². The van der Waals surface area contributed by atoms with Gasteiger partial charge >= 0.3 is 0 Å². The Morgan fingerprint density at radius 1 is 1.13 bits per heavy atom. The summed E-state index contributed by atoms with van der Waals surface area (Å²) in [4.78, 5) is 2.45. The van der Waals surface area contributed by atoms with Crippen molar-refractivity contribution < 1.29 is 14.2 Å². The molecule has 1 aromatic carbocycles. The molecule has 1 saturated heterocycles. The molecule has 1 aliphatic carbocycles. The number of rotatable bonds is 4. The summed E-state index contributed by atoms with van der Waals surface area (Å²) in [5.41, 5.74) is 1.47. The quantitative estimate of drug-likeness (QED) is 0.798. The number of hydrogen-bond acceptors (Lipinski definition) is 4. The second-order valence-corrected chi connectivity index (χ2v) is 7.13. The second-order valence-electron chi connectivity index (χ2n) is 7.13. The molecule has 2 aliphatic rings. The molecule has 0 bridgehead atoms.